The van der Waals surface area contributed by atoms with Gasteiger partial charge in [0.25, 0.3) is 5.56 Å². The SMILES string of the molecule is O=c1[nH]nc(C2CCN(CCC(O)N3CCN(c4ncc(C(F)(F)F)cn4)CC3)CC2)c2ccccc12. The first-order chi connectivity index (χ1) is 17.8. The van der Waals surface area contributed by atoms with Gasteiger partial charge in [-0.15, -0.1) is 0 Å². The van der Waals surface area contributed by atoms with Gasteiger partial charge in [0.1, 0.15) is 6.23 Å². The maximum atomic E-state index is 12.7. The fraction of sp³-hybridized carbons (Fsp3) is 0.520. The van der Waals surface area contributed by atoms with Crippen LogP contribution < -0.4 is 10.5 Å². The zero-order valence-corrected chi connectivity index (χ0v) is 20.4. The third-order valence-corrected chi connectivity index (χ3v) is 7.39. The number of anilines is 1. The summed E-state index contributed by atoms with van der Waals surface area (Å²) in [6, 6.07) is 7.57. The Bertz CT molecular complexity index is 1250. The van der Waals surface area contributed by atoms with Gasteiger partial charge in [-0.1, -0.05) is 18.2 Å². The number of hydrogen-bond donors (Lipinski definition) is 2. The van der Waals surface area contributed by atoms with Gasteiger partial charge in [-0.05, 0) is 38.4 Å². The summed E-state index contributed by atoms with van der Waals surface area (Å²) in [6.07, 6.45) is -0.940. The molecule has 1 aromatic carbocycles. The van der Waals surface area contributed by atoms with Gasteiger partial charge in [0, 0.05) is 56.4 Å². The van der Waals surface area contributed by atoms with E-state index < -0.39 is 18.0 Å². The number of H-pyrrole nitrogens is 1. The molecule has 2 aliphatic rings. The fourth-order valence-corrected chi connectivity index (χ4v) is 5.21. The smallest absolute Gasteiger partial charge is 0.378 e. The highest BCUT2D eigenvalue weighted by atomic mass is 19.4. The van der Waals surface area contributed by atoms with Crippen LogP contribution in [0.3, 0.4) is 0 Å². The van der Waals surface area contributed by atoms with E-state index in [1.165, 1.54) is 0 Å². The highest BCUT2D eigenvalue weighted by Gasteiger charge is 2.32. The molecule has 0 aliphatic carbocycles. The van der Waals surface area contributed by atoms with Crippen LogP contribution in [0, 0.1) is 0 Å². The van der Waals surface area contributed by atoms with Crippen molar-refractivity contribution in [2.45, 2.75) is 37.6 Å². The van der Waals surface area contributed by atoms with Crippen molar-refractivity contribution in [3.63, 3.8) is 0 Å². The van der Waals surface area contributed by atoms with Crippen LogP contribution in [0.5, 0.6) is 0 Å². The maximum Gasteiger partial charge on any atom is 0.419 e. The Kier molecular flexibility index (Phi) is 7.40. The predicted molar refractivity (Wildman–Crippen MR) is 132 cm³/mol. The molecule has 0 saturated carbocycles. The standard InChI is InChI=1S/C25H30F3N7O2/c26-25(27,28)18-15-29-24(30-16-18)35-13-11-34(12-14-35)21(36)7-10-33-8-5-17(6-9-33)22-19-3-1-2-4-20(19)23(37)32-31-22/h1-4,15-17,21,36H,5-14H2,(H,32,37). The Balaban J connectivity index is 1.07. The largest absolute Gasteiger partial charge is 0.419 e. The molecule has 9 nitrogen and oxygen atoms in total. The van der Waals surface area contributed by atoms with E-state index >= 15 is 0 Å². The van der Waals surface area contributed by atoms with Crippen molar-refractivity contribution in [1.82, 2.24) is 30.0 Å². The molecule has 4 heterocycles. The minimum Gasteiger partial charge on any atom is -0.378 e. The highest BCUT2D eigenvalue weighted by Crippen LogP contribution is 2.31. The first-order valence-electron chi connectivity index (χ1n) is 12.6. The van der Waals surface area contributed by atoms with Crippen LogP contribution in [0.4, 0.5) is 19.1 Å². The van der Waals surface area contributed by atoms with Crippen LogP contribution in [0.15, 0.2) is 41.5 Å². The number of aromatic nitrogens is 4. The van der Waals surface area contributed by atoms with Crippen LogP contribution in [-0.2, 0) is 6.18 Å². The second-order valence-corrected chi connectivity index (χ2v) is 9.66. The van der Waals surface area contributed by atoms with Gasteiger partial charge in [-0.2, -0.15) is 18.3 Å². The number of likely N-dealkylation sites (tertiary alicyclic amines) is 1. The highest BCUT2D eigenvalue weighted by molar-refractivity contribution is 5.83. The lowest BCUT2D eigenvalue weighted by atomic mass is 9.90. The molecule has 12 heteroatoms. The third kappa shape index (κ3) is 5.76. The number of aliphatic hydroxyl groups excluding tert-OH is 1. The molecule has 1 unspecified atom stereocenters. The lowest BCUT2D eigenvalue weighted by Crippen LogP contribution is -2.51. The summed E-state index contributed by atoms with van der Waals surface area (Å²) in [5.41, 5.74) is -0.0825. The van der Waals surface area contributed by atoms with E-state index in [0.29, 0.717) is 38.0 Å². The molecule has 2 fully saturated rings. The van der Waals surface area contributed by atoms with E-state index in [-0.39, 0.29) is 17.4 Å². The molecule has 198 valence electrons. The number of nitrogens with zero attached hydrogens (tertiary/aromatic N) is 6. The second kappa shape index (κ2) is 10.7. The van der Waals surface area contributed by atoms with Crippen LogP contribution in [0.2, 0.25) is 0 Å². The first-order valence-corrected chi connectivity index (χ1v) is 12.6. The zero-order valence-electron chi connectivity index (χ0n) is 20.4. The van der Waals surface area contributed by atoms with Crippen molar-refractivity contribution < 1.29 is 18.3 Å². The molecule has 2 aromatic heterocycles. The maximum absolute atomic E-state index is 12.7. The number of fused-ring (bicyclic) bond motifs is 1. The van der Waals surface area contributed by atoms with Crippen LogP contribution in [-0.4, -0.2) is 87.1 Å². The van der Waals surface area contributed by atoms with Crippen molar-refractivity contribution >= 4 is 16.7 Å². The number of piperidine rings is 1. The van der Waals surface area contributed by atoms with Gasteiger partial charge in [0.15, 0.2) is 0 Å². The summed E-state index contributed by atoms with van der Waals surface area (Å²) >= 11 is 0. The van der Waals surface area contributed by atoms with Crippen molar-refractivity contribution in [3.8, 4) is 0 Å². The molecular formula is C25H30F3N7O2. The summed E-state index contributed by atoms with van der Waals surface area (Å²) < 4.78 is 38.2. The van der Waals surface area contributed by atoms with E-state index in [4.69, 9.17) is 0 Å². The van der Waals surface area contributed by atoms with Gasteiger partial charge in [-0.3, -0.25) is 9.69 Å². The number of nitrogens with one attached hydrogen (secondary N) is 1. The summed E-state index contributed by atoms with van der Waals surface area (Å²) in [5.74, 6) is 0.554. The van der Waals surface area contributed by atoms with Crippen molar-refractivity contribution in [2.24, 2.45) is 0 Å². The van der Waals surface area contributed by atoms with E-state index in [2.05, 4.69) is 25.1 Å². The number of hydrogen-bond acceptors (Lipinski definition) is 8. The van der Waals surface area contributed by atoms with Crippen LogP contribution >= 0.6 is 0 Å². The lowest BCUT2D eigenvalue weighted by Gasteiger charge is -2.38. The van der Waals surface area contributed by atoms with Crippen molar-refractivity contribution in [1.29, 1.82) is 0 Å². The Hall–Kier alpha value is -3.09. The average Bonchev–Trinajstić information content (AvgIpc) is 2.92. The molecule has 0 spiro atoms. The number of halogens is 3. The monoisotopic (exact) mass is 517 g/mol. The quantitative estimate of drug-likeness (QED) is 0.514. The van der Waals surface area contributed by atoms with Gasteiger partial charge < -0.3 is 14.9 Å². The fourth-order valence-electron chi connectivity index (χ4n) is 5.21. The minimum atomic E-state index is -4.45. The summed E-state index contributed by atoms with van der Waals surface area (Å²) in [4.78, 5) is 26.0. The molecule has 0 radical (unpaired) electrons. The molecule has 37 heavy (non-hydrogen) atoms. The number of benzene rings is 1. The molecular weight excluding hydrogens is 487 g/mol. The Morgan fingerprint density at radius 1 is 1.00 bits per heavy atom. The lowest BCUT2D eigenvalue weighted by molar-refractivity contribution is -0.138. The molecule has 2 saturated heterocycles. The molecule has 3 aromatic rings. The summed E-state index contributed by atoms with van der Waals surface area (Å²) in [6.45, 7) is 4.80. The van der Waals surface area contributed by atoms with Gasteiger partial charge in [0.05, 0.1) is 16.6 Å². The Labute approximate surface area is 211 Å². The Morgan fingerprint density at radius 3 is 2.30 bits per heavy atom. The van der Waals surface area contributed by atoms with E-state index in [0.717, 1.165) is 55.9 Å². The predicted octanol–water partition coefficient (Wildman–Crippen LogP) is 2.44. The first kappa shape index (κ1) is 25.6. The number of rotatable bonds is 6. The van der Waals surface area contributed by atoms with Gasteiger partial charge >= 0.3 is 6.18 Å². The molecule has 0 amide bonds. The summed E-state index contributed by atoms with van der Waals surface area (Å²) in [7, 11) is 0. The van der Waals surface area contributed by atoms with Crippen molar-refractivity contribution in [2.75, 3.05) is 50.7 Å². The number of aromatic amines is 1. The number of aliphatic hydroxyl groups is 1. The zero-order chi connectivity index (χ0) is 26.0. The molecule has 2 N–H and O–H groups in total. The van der Waals surface area contributed by atoms with Crippen molar-refractivity contribution in [3.05, 3.63) is 58.3 Å². The average molecular weight is 518 g/mol. The summed E-state index contributed by atoms with van der Waals surface area (Å²) in [5, 5.41) is 19.3. The normalized spacial score (nSPS) is 19.4. The van der Waals surface area contributed by atoms with Crippen LogP contribution in [0.1, 0.15) is 36.4 Å². The van der Waals surface area contributed by atoms with E-state index in [1.54, 1.807) is 0 Å². The molecule has 2 aliphatic heterocycles. The van der Waals surface area contributed by atoms with Crippen LogP contribution in [0.25, 0.3) is 10.8 Å². The Morgan fingerprint density at radius 2 is 1.65 bits per heavy atom. The molecule has 0 bridgehead atoms. The number of piperazine rings is 1. The van der Waals surface area contributed by atoms with Gasteiger partial charge in [0.2, 0.25) is 5.95 Å². The molecule has 1 atom stereocenters. The minimum absolute atomic E-state index is 0.168. The topological polar surface area (TPSA) is 101 Å². The third-order valence-electron chi connectivity index (χ3n) is 7.39. The van der Waals surface area contributed by atoms with Gasteiger partial charge in [-0.25, -0.2) is 15.1 Å². The number of alkyl halides is 3. The molecule has 5 rings (SSSR count). The van der Waals surface area contributed by atoms with E-state index in [1.807, 2.05) is 34.1 Å². The second-order valence-electron chi connectivity index (χ2n) is 9.66. The van der Waals surface area contributed by atoms with E-state index in [9.17, 15) is 23.1 Å².